The van der Waals surface area contributed by atoms with E-state index < -0.39 is 12.0 Å². The topological polar surface area (TPSA) is 99.4 Å². The van der Waals surface area contributed by atoms with Crippen molar-refractivity contribution in [3.63, 3.8) is 0 Å². The summed E-state index contributed by atoms with van der Waals surface area (Å²) < 4.78 is 18.5. The number of aromatic hydroxyl groups is 1. The number of hydrogen-bond donors (Lipinski definition) is 1. The number of rotatable bonds is 7. The maximum Gasteiger partial charge on any atom is 0.338 e. The van der Waals surface area contributed by atoms with Crippen LogP contribution in [0.1, 0.15) is 44.9 Å². The first kappa shape index (κ1) is 26.5. The van der Waals surface area contributed by atoms with Crippen LogP contribution in [0.25, 0.3) is 6.08 Å². The van der Waals surface area contributed by atoms with Crippen molar-refractivity contribution in [3.05, 3.63) is 83.5 Å². The van der Waals surface area contributed by atoms with Crippen LogP contribution in [0.2, 0.25) is 5.02 Å². The molecule has 2 heterocycles. The second kappa shape index (κ2) is 10.8. The van der Waals surface area contributed by atoms with Crippen molar-refractivity contribution in [1.29, 1.82) is 0 Å². The zero-order valence-electron chi connectivity index (χ0n) is 21.1. The third-order valence-electron chi connectivity index (χ3n) is 5.66. The highest BCUT2D eigenvalue weighted by molar-refractivity contribution is 7.07. The van der Waals surface area contributed by atoms with Crippen LogP contribution in [0.4, 0.5) is 0 Å². The first-order chi connectivity index (χ1) is 17.7. The number of halogens is 1. The lowest BCUT2D eigenvalue weighted by Crippen LogP contribution is -2.40. The molecule has 2 aromatic carbocycles. The minimum atomic E-state index is -0.801. The highest BCUT2D eigenvalue weighted by Crippen LogP contribution is 2.37. The van der Waals surface area contributed by atoms with E-state index in [9.17, 15) is 14.7 Å². The molecular weight excluding hydrogens is 516 g/mol. The van der Waals surface area contributed by atoms with Crippen molar-refractivity contribution >= 4 is 35.0 Å². The molecule has 0 saturated carbocycles. The Labute approximate surface area is 222 Å². The fourth-order valence-electron chi connectivity index (χ4n) is 4.14. The van der Waals surface area contributed by atoms with Gasteiger partial charge in [0.15, 0.2) is 16.3 Å². The highest BCUT2D eigenvalue weighted by atomic mass is 35.5. The lowest BCUT2D eigenvalue weighted by molar-refractivity contribution is -0.139. The van der Waals surface area contributed by atoms with Gasteiger partial charge < -0.3 is 19.3 Å². The van der Waals surface area contributed by atoms with Gasteiger partial charge in [-0.1, -0.05) is 41.1 Å². The van der Waals surface area contributed by atoms with Crippen molar-refractivity contribution in [3.8, 4) is 17.2 Å². The van der Waals surface area contributed by atoms with E-state index in [2.05, 4.69) is 4.99 Å². The van der Waals surface area contributed by atoms with Crippen molar-refractivity contribution in [2.24, 2.45) is 4.99 Å². The minimum Gasteiger partial charge on any atom is -0.503 e. The van der Waals surface area contributed by atoms with Gasteiger partial charge in [0.05, 0.1) is 40.6 Å². The summed E-state index contributed by atoms with van der Waals surface area (Å²) in [6, 6.07) is 9.64. The number of thiazole rings is 1. The second-order valence-corrected chi connectivity index (χ2v) is 9.98. The molecule has 1 atom stereocenters. The molecule has 1 aliphatic heterocycles. The Hall–Kier alpha value is -3.56. The van der Waals surface area contributed by atoms with Crippen LogP contribution < -0.4 is 24.4 Å². The van der Waals surface area contributed by atoms with E-state index in [1.807, 2.05) is 38.1 Å². The molecule has 0 radical (unpaired) electrons. The van der Waals surface area contributed by atoms with Gasteiger partial charge in [-0.25, -0.2) is 9.79 Å². The van der Waals surface area contributed by atoms with Crippen LogP contribution >= 0.6 is 22.9 Å². The Morgan fingerprint density at radius 3 is 2.68 bits per heavy atom. The quantitative estimate of drug-likeness (QED) is 0.454. The molecule has 0 bridgehead atoms. The molecule has 0 aliphatic carbocycles. The summed E-state index contributed by atoms with van der Waals surface area (Å²) in [5.74, 6) is 0.0184. The second-order valence-electron chi connectivity index (χ2n) is 8.56. The summed E-state index contributed by atoms with van der Waals surface area (Å²) >= 11 is 7.33. The zero-order valence-corrected chi connectivity index (χ0v) is 22.6. The molecule has 3 aromatic rings. The molecule has 4 rings (SSSR count). The van der Waals surface area contributed by atoms with Crippen molar-refractivity contribution in [2.45, 2.75) is 39.8 Å². The van der Waals surface area contributed by atoms with Crippen molar-refractivity contribution < 1.29 is 24.1 Å². The predicted octanol–water partition coefficient (Wildman–Crippen LogP) is 3.95. The monoisotopic (exact) mass is 542 g/mol. The number of methoxy groups -OCH3 is 1. The number of ether oxygens (including phenoxy) is 3. The first-order valence-electron chi connectivity index (χ1n) is 11.7. The minimum absolute atomic E-state index is 0.0939. The number of carbonyl (C=O) groups excluding carboxylic acids is 1. The average molecular weight is 543 g/mol. The highest BCUT2D eigenvalue weighted by Gasteiger charge is 2.35. The van der Waals surface area contributed by atoms with Gasteiger partial charge in [0.1, 0.15) is 11.8 Å². The Kier molecular flexibility index (Phi) is 7.75. The molecule has 0 fully saturated rings. The van der Waals surface area contributed by atoms with Crippen molar-refractivity contribution in [1.82, 2.24) is 4.57 Å². The summed E-state index contributed by atoms with van der Waals surface area (Å²) in [6.07, 6.45) is 1.52. The van der Waals surface area contributed by atoms with E-state index in [0.717, 1.165) is 0 Å². The van der Waals surface area contributed by atoms with Gasteiger partial charge in [0.2, 0.25) is 0 Å². The van der Waals surface area contributed by atoms with Gasteiger partial charge >= 0.3 is 5.97 Å². The normalized spacial score (nSPS) is 15.4. The maximum atomic E-state index is 13.8. The number of aromatic nitrogens is 1. The van der Waals surface area contributed by atoms with Crippen LogP contribution in [-0.2, 0) is 9.53 Å². The number of carbonyl (C=O) groups is 1. The largest absolute Gasteiger partial charge is 0.503 e. The van der Waals surface area contributed by atoms with Gasteiger partial charge in [0, 0.05) is 5.56 Å². The van der Waals surface area contributed by atoms with Crippen LogP contribution in [0.5, 0.6) is 17.2 Å². The van der Waals surface area contributed by atoms with E-state index in [1.165, 1.54) is 29.1 Å². The van der Waals surface area contributed by atoms with Crippen LogP contribution in [-0.4, -0.2) is 35.5 Å². The lowest BCUT2D eigenvalue weighted by Gasteiger charge is -2.26. The van der Waals surface area contributed by atoms with E-state index in [1.54, 1.807) is 26.0 Å². The molecule has 0 spiro atoms. The summed E-state index contributed by atoms with van der Waals surface area (Å²) in [7, 11) is 1.42. The summed E-state index contributed by atoms with van der Waals surface area (Å²) in [5, 5.41) is 10.2. The molecule has 194 valence electrons. The van der Waals surface area contributed by atoms with Gasteiger partial charge in [-0.05, 0) is 57.5 Å². The number of para-hydroxylation sites is 1. The number of benzene rings is 2. The van der Waals surface area contributed by atoms with Gasteiger partial charge in [-0.2, -0.15) is 0 Å². The Morgan fingerprint density at radius 1 is 1.27 bits per heavy atom. The lowest BCUT2D eigenvalue weighted by atomic mass is 9.95. The molecule has 1 aromatic heterocycles. The molecule has 0 unspecified atom stereocenters. The maximum absolute atomic E-state index is 13.8. The third-order valence-corrected chi connectivity index (χ3v) is 6.93. The Morgan fingerprint density at radius 2 is 2.00 bits per heavy atom. The first-order valence-corrected chi connectivity index (χ1v) is 12.9. The third kappa shape index (κ3) is 5.14. The number of phenols is 1. The van der Waals surface area contributed by atoms with E-state index in [4.69, 9.17) is 25.8 Å². The Balaban J connectivity index is 1.98. The standard InChI is InChI=1S/C27H27ClN2O6S/c1-6-35-26(33)22-15(4)29-27-30(23(22)17-9-7-8-10-19(17)36-14(2)3)25(32)21(37-27)13-16-11-18(28)24(31)20(12-16)34-5/h7-14,23,31H,6H2,1-5H3/b21-13+/t23-/m1/s1. The molecule has 1 N–H and O–H groups in total. The molecular formula is C27H27ClN2O6S. The molecule has 10 heteroatoms. The molecule has 0 amide bonds. The number of phenolic OH excluding ortho intramolecular Hbond substituents is 1. The van der Waals surface area contributed by atoms with E-state index in [-0.39, 0.29) is 40.4 Å². The molecule has 1 aliphatic rings. The van der Waals surface area contributed by atoms with Crippen LogP contribution in [0.3, 0.4) is 0 Å². The predicted molar refractivity (Wildman–Crippen MR) is 142 cm³/mol. The van der Waals surface area contributed by atoms with Gasteiger partial charge in [-0.15, -0.1) is 0 Å². The summed E-state index contributed by atoms with van der Waals surface area (Å²) in [5.41, 5.74) is 1.60. The summed E-state index contributed by atoms with van der Waals surface area (Å²) in [6.45, 7) is 7.46. The van der Waals surface area contributed by atoms with Crippen LogP contribution in [0, 0.1) is 0 Å². The van der Waals surface area contributed by atoms with E-state index >= 15 is 0 Å². The number of allylic oxidation sites excluding steroid dienone is 1. The number of nitrogens with zero attached hydrogens (tertiary/aromatic N) is 2. The SMILES string of the molecule is CCOC(=O)C1=C(C)N=c2s/c(=C/c3cc(Cl)c(O)c(OC)c3)c(=O)n2[C@@H]1c1ccccc1OC(C)C. The molecule has 37 heavy (non-hydrogen) atoms. The van der Waals surface area contributed by atoms with Crippen molar-refractivity contribution in [2.75, 3.05) is 13.7 Å². The van der Waals surface area contributed by atoms with Crippen LogP contribution in [0.15, 0.2) is 57.5 Å². The number of hydrogen-bond acceptors (Lipinski definition) is 8. The zero-order chi connectivity index (χ0) is 26.9. The summed E-state index contributed by atoms with van der Waals surface area (Å²) in [4.78, 5) is 32.0. The molecule has 8 nitrogen and oxygen atoms in total. The fourth-order valence-corrected chi connectivity index (χ4v) is 5.40. The smallest absolute Gasteiger partial charge is 0.338 e. The van der Waals surface area contributed by atoms with Gasteiger partial charge in [0.25, 0.3) is 5.56 Å². The average Bonchev–Trinajstić information content (AvgIpc) is 3.14. The molecule has 0 saturated heterocycles. The Bertz CT molecular complexity index is 1570. The van der Waals surface area contributed by atoms with E-state index in [0.29, 0.717) is 31.9 Å². The number of fused-ring (bicyclic) bond motifs is 1. The van der Waals surface area contributed by atoms with Gasteiger partial charge in [-0.3, -0.25) is 9.36 Å². The number of esters is 1. The fraction of sp³-hybridized carbons (Fsp3) is 0.296.